The largest absolute Gasteiger partial charge is 0.338 e. The van der Waals surface area contributed by atoms with E-state index < -0.39 is 0 Å². The van der Waals surface area contributed by atoms with Gasteiger partial charge in [0, 0.05) is 25.5 Å². The molecular formula is C8H17BrN2O. The van der Waals surface area contributed by atoms with Crippen LogP contribution in [0.5, 0.6) is 0 Å². The maximum Gasteiger partial charge on any atom is 0.317 e. The molecule has 0 aromatic rings. The van der Waals surface area contributed by atoms with E-state index in [1.165, 1.54) is 0 Å². The molecule has 0 unspecified atom stereocenters. The lowest BCUT2D eigenvalue weighted by atomic mass is 10.3. The summed E-state index contributed by atoms with van der Waals surface area (Å²) in [5.74, 6) is 0. The Labute approximate surface area is 82.6 Å². The zero-order valence-corrected chi connectivity index (χ0v) is 9.35. The molecular weight excluding hydrogens is 220 g/mol. The summed E-state index contributed by atoms with van der Waals surface area (Å²) in [6.45, 7) is 3.63. The topological polar surface area (TPSA) is 32.3 Å². The molecule has 0 aromatic heterocycles. The van der Waals surface area contributed by atoms with Crippen molar-refractivity contribution in [2.24, 2.45) is 0 Å². The molecule has 0 heterocycles. The number of hydrogen-bond acceptors (Lipinski definition) is 1. The fraction of sp³-hybridized carbons (Fsp3) is 0.875. The van der Waals surface area contributed by atoms with Gasteiger partial charge in [-0.15, -0.1) is 0 Å². The van der Waals surface area contributed by atoms with E-state index in [0.29, 0.717) is 0 Å². The minimum atomic E-state index is 0.0166. The van der Waals surface area contributed by atoms with Crippen LogP contribution in [0.3, 0.4) is 0 Å². The van der Waals surface area contributed by atoms with Crippen LogP contribution in [0.4, 0.5) is 4.79 Å². The Kier molecular flexibility index (Phi) is 7.25. The van der Waals surface area contributed by atoms with Crippen LogP contribution in [0.25, 0.3) is 0 Å². The quantitative estimate of drug-likeness (QED) is 0.574. The number of nitrogens with zero attached hydrogens (tertiary/aromatic N) is 1. The van der Waals surface area contributed by atoms with Gasteiger partial charge in [-0.2, -0.15) is 0 Å². The number of rotatable bonds is 5. The number of amides is 2. The van der Waals surface area contributed by atoms with Crippen molar-refractivity contribution >= 4 is 22.0 Å². The second-order valence-corrected chi connectivity index (χ2v) is 3.49. The van der Waals surface area contributed by atoms with E-state index in [-0.39, 0.29) is 6.03 Å². The minimum Gasteiger partial charge on any atom is -0.338 e. The van der Waals surface area contributed by atoms with Gasteiger partial charge in [0.1, 0.15) is 0 Å². The van der Waals surface area contributed by atoms with Gasteiger partial charge >= 0.3 is 6.03 Å². The van der Waals surface area contributed by atoms with Crippen molar-refractivity contribution < 1.29 is 4.79 Å². The van der Waals surface area contributed by atoms with Crippen molar-refractivity contribution in [3.05, 3.63) is 0 Å². The van der Waals surface area contributed by atoms with Gasteiger partial charge in [0.05, 0.1) is 0 Å². The number of urea groups is 1. The van der Waals surface area contributed by atoms with Crippen LogP contribution in [0.2, 0.25) is 0 Å². The Balaban J connectivity index is 3.43. The fourth-order valence-corrected chi connectivity index (χ4v) is 1.27. The lowest BCUT2D eigenvalue weighted by Gasteiger charge is -2.16. The minimum absolute atomic E-state index is 0.0166. The molecule has 72 valence electrons. The van der Waals surface area contributed by atoms with Crippen LogP contribution >= 0.6 is 15.9 Å². The van der Waals surface area contributed by atoms with Crippen molar-refractivity contribution in [3.8, 4) is 0 Å². The van der Waals surface area contributed by atoms with Gasteiger partial charge in [-0.25, -0.2) is 4.79 Å². The van der Waals surface area contributed by atoms with Gasteiger partial charge < -0.3 is 10.2 Å². The molecule has 0 aliphatic rings. The predicted molar refractivity (Wildman–Crippen MR) is 54.7 cm³/mol. The Hall–Kier alpha value is -0.250. The maximum absolute atomic E-state index is 11.2. The number of hydrogen-bond donors (Lipinski definition) is 1. The van der Waals surface area contributed by atoms with Gasteiger partial charge in [0.15, 0.2) is 0 Å². The van der Waals surface area contributed by atoms with Gasteiger partial charge in [-0.3, -0.25) is 0 Å². The maximum atomic E-state index is 11.2. The van der Waals surface area contributed by atoms with E-state index in [0.717, 1.165) is 31.3 Å². The molecule has 0 bridgehead atoms. The van der Waals surface area contributed by atoms with Crippen molar-refractivity contribution in [2.75, 3.05) is 25.5 Å². The van der Waals surface area contributed by atoms with Crippen molar-refractivity contribution in [1.82, 2.24) is 10.2 Å². The number of unbranched alkanes of at least 4 members (excludes halogenated alkanes) is 1. The lowest BCUT2D eigenvalue weighted by molar-refractivity contribution is 0.211. The van der Waals surface area contributed by atoms with Crippen molar-refractivity contribution in [2.45, 2.75) is 19.8 Å². The molecule has 0 fully saturated rings. The molecule has 0 spiro atoms. The van der Waals surface area contributed by atoms with E-state index >= 15 is 0 Å². The molecule has 0 aliphatic heterocycles. The highest BCUT2D eigenvalue weighted by Crippen LogP contribution is 1.89. The second kappa shape index (κ2) is 7.40. The Bertz CT molecular complexity index is 130. The summed E-state index contributed by atoms with van der Waals surface area (Å²) in [4.78, 5) is 12.9. The van der Waals surface area contributed by atoms with Crippen LogP contribution in [-0.4, -0.2) is 36.4 Å². The summed E-state index contributed by atoms with van der Waals surface area (Å²) in [6, 6.07) is 0.0166. The molecule has 1 N–H and O–H groups in total. The molecule has 0 radical (unpaired) electrons. The van der Waals surface area contributed by atoms with E-state index in [1.807, 2.05) is 0 Å². The summed E-state index contributed by atoms with van der Waals surface area (Å²) in [7, 11) is 1.79. The first-order valence-electron chi connectivity index (χ1n) is 4.27. The molecule has 3 nitrogen and oxygen atoms in total. The number of alkyl halides is 1. The third-order valence-corrected chi connectivity index (χ3v) is 1.93. The molecule has 0 aromatic carbocycles. The zero-order chi connectivity index (χ0) is 9.40. The van der Waals surface area contributed by atoms with Gasteiger partial charge in [0.25, 0.3) is 0 Å². The van der Waals surface area contributed by atoms with E-state index in [2.05, 4.69) is 28.2 Å². The van der Waals surface area contributed by atoms with Gasteiger partial charge in [0.2, 0.25) is 0 Å². The third kappa shape index (κ3) is 5.41. The standard InChI is InChI=1S/C8H17BrN2O/c1-3-4-6-10-8(12)11(2)7-5-9/h3-7H2,1-2H3,(H,10,12). The first kappa shape index (κ1) is 11.8. The predicted octanol–water partition coefficient (Wildman–Crippen LogP) is 1.82. The number of carbonyl (C=O) groups excluding carboxylic acids is 1. The average Bonchev–Trinajstić information content (AvgIpc) is 2.05. The van der Waals surface area contributed by atoms with Crippen molar-refractivity contribution in [1.29, 1.82) is 0 Å². The first-order valence-corrected chi connectivity index (χ1v) is 5.39. The summed E-state index contributed by atoms with van der Waals surface area (Å²) >= 11 is 3.28. The summed E-state index contributed by atoms with van der Waals surface area (Å²) in [6.07, 6.45) is 2.16. The van der Waals surface area contributed by atoms with Crippen LogP contribution in [0, 0.1) is 0 Å². The molecule has 0 saturated carbocycles. The monoisotopic (exact) mass is 236 g/mol. The highest BCUT2D eigenvalue weighted by Gasteiger charge is 2.04. The third-order valence-electron chi connectivity index (χ3n) is 1.57. The molecule has 0 saturated heterocycles. The van der Waals surface area contributed by atoms with Gasteiger partial charge in [-0.1, -0.05) is 29.3 Å². The number of carbonyl (C=O) groups is 1. The lowest BCUT2D eigenvalue weighted by Crippen LogP contribution is -2.38. The number of halogens is 1. The molecule has 0 rings (SSSR count). The van der Waals surface area contributed by atoms with Crippen LogP contribution < -0.4 is 5.32 Å². The fourth-order valence-electron chi connectivity index (χ4n) is 0.735. The van der Waals surface area contributed by atoms with Crippen LogP contribution in [-0.2, 0) is 0 Å². The van der Waals surface area contributed by atoms with E-state index in [9.17, 15) is 4.79 Å². The molecule has 0 atom stereocenters. The smallest absolute Gasteiger partial charge is 0.317 e. The van der Waals surface area contributed by atoms with Crippen LogP contribution in [0.1, 0.15) is 19.8 Å². The summed E-state index contributed by atoms with van der Waals surface area (Å²) in [5.41, 5.74) is 0. The molecule has 4 heteroatoms. The molecule has 2 amide bonds. The zero-order valence-electron chi connectivity index (χ0n) is 7.77. The van der Waals surface area contributed by atoms with E-state index in [4.69, 9.17) is 0 Å². The first-order chi connectivity index (χ1) is 5.72. The van der Waals surface area contributed by atoms with E-state index in [1.54, 1.807) is 11.9 Å². The normalized spacial score (nSPS) is 9.58. The Morgan fingerprint density at radius 3 is 2.75 bits per heavy atom. The summed E-state index contributed by atoms with van der Waals surface area (Å²) < 4.78 is 0. The Morgan fingerprint density at radius 1 is 1.58 bits per heavy atom. The van der Waals surface area contributed by atoms with Crippen molar-refractivity contribution in [3.63, 3.8) is 0 Å². The SMILES string of the molecule is CCCCNC(=O)N(C)CCBr. The highest BCUT2D eigenvalue weighted by atomic mass is 79.9. The van der Waals surface area contributed by atoms with Gasteiger partial charge in [-0.05, 0) is 6.42 Å². The average molecular weight is 237 g/mol. The molecule has 12 heavy (non-hydrogen) atoms. The molecule has 0 aliphatic carbocycles. The highest BCUT2D eigenvalue weighted by molar-refractivity contribution is 9.09. The number of nitrogens with one attached hydrogen (secondary N) is 1. The summed E-state index contributed by atoms with van der Waals surface area (Å²) in [5, 5.41) is 3.66. The Morgan fingerprint density at radius 2 is 2.25 bits per heavy atom. The van der Waals surface area contributed by atoms with Crippen LogP contribution in [0.15, 0.2) is 0 Å². The second-order valence-electron chi connectivity index (χ2n) is 2.70.